The average Bonchev–Trinajstić information content (AvgIpc) is 2.80. The third kappa shape index (κ3) is 4.27. The van der Waals surface area contributed by atoms with Crippen LogP contribution in [0.3, 0.4) is 0 Å². The number of benzene rings is 1. The van der Waals surface area contributed by atoms with E-state index in [0.717, 1.165) is 32.0 Å². The van der Waals surface area contributed by atoms with Crippen molar-refractivity contribution in [3.63, 3.8) is 0 Å². The maximum Gasteiger partial charge on any atom is 0.129 e. The molecule has 2 atom stereocenters. The van der Waals surface area contributed by atoms with Crippen LogP contribution in [0.1, 0.15) is 38.7 Å². The second-order valence-corrected chi connectivity index (χ2v) is 6.44. The maximum atomic E-state index is 13.7. The molecule has 1 saturated carbocycles. The summed E-state index contributed by atoms with van der Waals surface area (Å²) in [7, 11) is 0. The Balaban J connectivity index is 1.90. The Kier molecular flexibility index (Phi) is 5.53. The average molecular weight is 281 g/mol. The van der Waals surface area contributed by atoms with Crippen molar-refractivity contribution in [1.29, 1.82) is 0 Å². The van der Waals surface area contributed by atoms with E-state index in [1.165, 1.54) is 18.9 Å². The summed E-state index contributed by atoms with van der Waals surface area (Å²) in [5, 5.41) is 3.51. The Labute approximate surface area is 120 Å². The summed E-state index contributed by atoms with van der Waals surface area (Å²) >= 11 is 0. The Hall–Kier alpha value is -0.960. The van der Waals surface area contributed by atoms with Crippen LogP contribution in [-0.2, 0) is 6.42 Å². The van der Waals surface area contributed by atoms with Crippen molar-refractivity contribution in [2.75, 3.05) is 13.1 Å². The van der Waals surface area contributed by atoms with Crippen molar-refractivity contribution in [2.45, 2.75) is 39.5 Å². The standard InChI is InChI=1S/C17H25F2N/c1-12(2)10-20-11-15-5-3-4-13(15)8-14-6-7-16(18)9-17(14)19/h6-7,9,12-13,15,20H,3-5,8,10-11H2,1-2H3. The van der Waals surface area contributed by atoms with E-state index in [1.54, 1.807) is 6.07 Å². The molecule has 0 aliphatic heterocycles. The molecular formula is C17H25F2N. The highest BCUT2D eigenvalue weighted by molar-refractivity contribution is 5.19. The van der Waals surface area contributed by atoms with Crippen LogP contribution in [0.5, 0.6) is 0 Å². The van der Waals surface area contributed by atoms with Gasteiger partial charge >= 0.3 is 0 Å². The van der Waals surface area contributed by atoms with E-state index in [9.17, 15) is 8.78 Å². The predicted molar refractivity (Wildman–Crippen MR) is 78.6 cm³/mol. The summed E-state index contributed by atoms with van der Waals surface area (Å²) in [5.74, 6) is 0.913. The molecule has 1 aliphatic rings. The first-order chi connectivity index (χ1) is 9.56. The third-order valence-electron chi connectivity index (χ3n) is 4.27. The second-order valence-electron chi connectivity index (χ2n) is 6.44. The Bertz CT molecular complexity index is 431. The van der Waals surface area contributed by atoms with Crippen LogP contribution >= 0.6 is 0 Å². The van der Waals surface area contributed by atoms with Gasteiger partial charge < -0.3 is 5.32 Å². The van der Waals surface area contributed by atoms with E-state index in [-0.39, 0.29) is 0 Å². The smallest absolute Gasteiger partial charge is 0.129 e. The first kappa shape index (κ1) is 15.4. The SMILES string of the molecule is CC(C)CNCC1CCCC1Cc1ccc(F)cc1F. The number of hydrogen-bond acceptors (Lipinski definition) is 1. The molecule has 0 aromatic heterocycles. The number of hydrogen-bond donors (Lipinski definition) is 1. The Morgan fingerprint density at radius 1 is 1.20 bits per heavy atom. The van der Waals surface area contributed by atoms with Gasteiger partial charge in [0.1, 0.15) is 11.6 Å². The largest absolute Gasteiger partial charge is 0.316 e. The number of nitrogens with one attached hydrogen (secondary N) is 1. The van der Waals surface area contributed by atoms with Gasteiger partial charge in [-0.1, -0.05) is 26.3 Å². The normalized spacial score (nSPS) is 22.6. The summed E-state index contributed by atoms with van der Waals surface area (Å²) in [5.41, 5.74) is 0.659. The maximum absolute atomic E-state index is 13.7. The highest BCUT2D eigenvalue weighted by Crippen LogP contribution is 2.34. The molecule has 1 aliphatic carbocycles. The minimum atomic E-state index is -0.493. The summed E-state index contributed by atoms with van der Waals surface area (Å²) in [6.45, 7) is 6.46. The summed E-state index contributed by atoms with van der Waals surface area (Å²) < 4.78 is 26.7. The fourth-order valence-corrected chi connectivity index (χ4v) is 3.18. The zero-order chi connectivity index (χ0) is 14.5. The summed E-state index contributed by atoms with van der Waals surface area (Å²) in [4.78, 5) is 0. The molecule has 2 unspecified atom stereocenters. The van der Waals surface area contributed by atoms with Crippen LogP contribution in [0.4, 0.5) is 8.78 Å². The van der Waals surface area contributed by atoms with Crippen LogP contribution in [-0.4, -0.2) is 13.1 Å². The second kappa shape index (κ2) is 7.16. The fourth-order valence-electron chi connectivity index (χ4n) is 3.18. The van der Waals surface area contributed by atoms with E-state index >= 15 is 0 Å². The van der Waals surface area contributed by atoms with Crippen LogP contribution in [0.15, 0.2) is 18.2 Å². The zero-order valence-corrected chi connectivity index (χ0v) is 12.5. The molecule has 20 heavy (non-hydrogen) atoms. The van der Waals surface area contributed by atoms with Gasteiger partial charge in [-0.3, -0.25) is 0 Å². The molecule has 1 aromatic rings. The number of rotatable bonds is 6. The third-order valence-corrected chi connectivity index (χ3v) is 4.27. The molecule has 1 fully saturated rings. The molecule has 2 rings (SSSR count). The van der Waals surface area contributed by atoms with Crippen molar-refractivity contribution in [3.8, 4) is 0 Å². The monoisotopic (exact) mass is 281 g/mol. The molecule has 0 amide bonds. The van der Waals surface area contributed by atoms with Crippen molar-refractivity contribution in [1.82, 2.24) is 5.32 Å². The summed E-state index contributed by atoms with van der Waals surface area (Å²) in [6.07, 6.45) is 4.34. The van der Waals surface area contributed by atoms with Crippen LogP contribution in [0, 0.1) is 29.4 Å². The minimum absolute atomic E-state index is 0.397. The van der Waals surface area contributed by atoms with Crippen molar-refractivity contribution >= 4 is 0 Å². The first-order valence-corrected chi connectivity index (χ1v) is 7.71. The quantitative estimate of drug-likeness (QED) is 0.825. The Morgan fingerprint density at radius 2 is 1.95 bits per heavy atom. The van der Waals surface area contributed by atoms with Gasteiger partial charge in [-0.2, -0.15) is 0 Å². The Morgan fingerprint density at radius 3 is 2.65 bits per heavy atom. The van der Waals surface area contributed by atoms with Gasteiger partial charge in [-0.25, -0.2) is 8.78 Å². The molecule has 0 heterocycles. The number of halogens is 2. The van der Waals surface area contributed by atoms with Gasteiger partial charge in [-0.15, -0.1) is 0 Å². The van der Waals surface area contributed by atoms with Crippen molar-refractivity contribution in [2.24, 2.45) is 17.8 Å². The van der Waals surface area contributed by atoms with Gasteiger partial charge in [0, 0.05) is 6.07 Å². The molecule has 3 heteroatoms. The lowest BCUT2D eigenvalue weighted by molar-refractivity contribution is 0.354. The molecule has 0 radical (unpaired) electrons. The van der Waals surface area contributed by atoms with E-state index in [0.29, 0.717) is 23.3 Å². The van der Waals surface area contributed by atoms with Gasteiger partial charge in [0.15, 0.2) is 0 Å². The lowest BCUT2D eigenvalue weighted by Gasteiger charge is -2.21. The molecule has 1 N–H and O–H groups in total. The lowest BCUT2D eigenvalue weighted by Crippen LogP contribution is -2.29. The van der Waals surface area contributed by atoms with E-state index in [1.807, 2.05) is 0 Å². The molecular weight excluding hydrogens is 256 g/mol. The molecule has 1 aromatic carbocycles. The highest BCUT2D eigenvalue weighted by Gasteiger charge is 2.27. The molecule has 112 valence electrons. The van der Waals surface area contributed by atoms with Crippen molar-refractivity contribution < 1.29 is 8.78 Å². The van der Waals surface area contributed by atoms with E-state index in [2.05, 4.69) is 19.2 Å². The van der Waals surface area contributed by atoms with E-state index < -0.39 is 11.6 Å². The molecule has 1 nitrogen and oxygen atoms in total. The van der Waals surface area contributed by atoms with Crippen LogP contribution in [0.25, 0.3) is 0 Å². The summed E-state index contributed by atoms with van der Waals surface area (Å²) in [6, 6.07) is 3.96. The first-order valence-electron chi connectivity index (χ1n) is 7.71. The van der Waals surface area contributed by atoms with Crippen LogP contribution < -0.4 is 5.32 Å². The predicted octanol–water partition coefficient (Wildman–Crippen LogP) is 4.17. The van der Waals surface area contributed by atoms with Gasteiger partial charge in [0.25, 0.3) is 0 Å². The van der Waals surface area contributed by atoms with Gasteiger partial charge in [0.05, 0.1) is 0 Å². The molecule has 0 bridgehead atoms. The van der Waals surface area contributed by atoms with E-state index in [4.69, 9.17) is 0 Å². The molecule has 0 saturated heterocycles. The van der Waals surface area contributed by atoms with Crippen molar-refractivity contribution in [3.05, 3.63) is 35.4 Å². The highest BCUT2D eigenvalue weighted by atomic mass is 19.1. The molecule has 0 spiro atoms. The lowest BCUT2D eigenvalue weighted by atomic mass is 9.89. The topological polar surface area (TPSA) is 12.0 Å². The minimum Gasteiger partial charge on any atom is -0.316 e. The van der Waals surface area contributed by atoms with Gasteiger partial charge in [-0.05, 0) is 61.7 Å². The van der Waals surface area contributed by atoms with Gasteiger partial charge in [0.2, 0.25) is 0 Å². The van der Waals surface area contributed by atoms with Crippen LogP contribution in [0.2, 0.25) is 0 Å². The fraction of sp³-hybridized carbons (Fsp3) is 0.647. The zero-order valence-electron chi connectivity index (χ0n) is 12.5.